The van der Waals surface area contributed by atoms with Crippen molar-refractivity contribution < 1.29 is 4.79 Å². The highest BCUT2D eigenvalue weighted by Crippen LogP contribution is 2.24. The van der Waals surface area contributed by atoms with Crippen molar-refractivity contribution in [3.8, 4) is 0 Å². The van der Waals surface area contributed by atoms with Gasteiger partial charge in [-0.15, -0.1) is 0 Å². The van der Waals surface area contributed by atoms with Crippen LogP contribution in [0.4, 0.5) is 0 Å². The molecule has 4 N–H and O–H groups in total. The summed E-state index contributed by atoms with van der Waals surface area (Å²) in [6.07, 6.45) is 3.90. The quantitative estimate of drug-likeness (QED) is 0.728. The molecule has 3 unspecified atom stereocenters. The van der Waals surface area contributed by atoms with Crippen molar-refractivity contribution >= 4 is 5.91 Å². The normalized spacial score (nSPS) is 33.7. The van der Waals surface area contributed by atoms with Crippen molar-refractivity contribution in [3.63, 3.8) is 0 Å². The van der Waals surface area contributed by atoms with Crippen molar-refractivity contribution in [2.45, 2.75) is 50.7 Å². The summed E-state index contributed by atoms with van der Waals surface area (Å²) < 4.78 is 0. The molecular weight excluding hydrogens is 228 g/mol. The average Bonchev–Trinajstić information content (AvgIpc) is 2.29. The van der Waals surface area contributed by atoms with Crippen LogP contribution in [0.5, 0.6) is 0 Å². The van der Waals surface area contributed by atoms with Crippen LogP contribution in [-0.4, -0.2) is 59.5 Å². The zero-order chi connectivity index (χ0) is 13.3. The largest absolute Gasteiger partial charge is 0.368 e. The number of primary amides is 1. The van der Waals surface area contributed by atoms with Crippen molar-refractivity contribution in [1.29, 1.82) is 0 Å². The van der Waals surface area contributed by atoms with Gasteiger partial charge in [0.25, 0.3) is 0 Å². The lowest BCUT2D eigenvalue weighted by Crippen LogP contribution is -2.64. The Kier molecular flexibility index (Phi) is 3.94. The molecule has 2 aliphatic rings. The molecule has 0 aromatic rings. The highest BCUT2D eigenvalue weighted by atomic mass is 16.1. The second-order valence-corrected chi connectivity index (χ2v) is 6.20. The molecule has 2 saturated heterocycles. The Morgan fingerprint density at radius 2 is 2.11 bits per heavy atom. The third-order valence-electron chi connectivity index (χ3n) is 4.41. The van der Waals surface area contributed by atoms with Gasteiger partial charge in [-0.1, -0.05) is 6.42 Å². The van der Waals surface area contributed by atoms with Crippen LogP contribution in [-0.2, 0) is 4.79 Å². The second kappa shape index (κ2) is 5.15. The predicted octanol–water partition coefficient (Wildman–Crippen LogP) is -0.252. The van der Waals surface area contributed by atoms with E-state index in [1.54, 1.807) is 6.92 Å². The number of piperidine rings is 1. The summed E-state index contributed by atoms with van der Waals surface area (Å²) in [4.78, 5) is 16.3. The molecule has 0 saturated carbocycles. The van der Waals surface area contributed by atoms with Crippen LogP contribution in [0.1, 0.15) is 33.1 Å². The molecule has 2 heterocycles. The minimum absolute atomic E-state index is 0.416. The van der Waals surface area contributed by atoms with E-state index in [2.05, 4.69) is 16.7 Å². The summed E-state index contributed by atoms with van der Waals surface area (Å²) in [5, 5.41) is 0. The van der Waals surface area contributed by atoms with Gasteiger partial charge in [0.2, 0.25) is 5.91 Å². The van der Waals surface area contributed by atoms with Crippen LogP contribution in [0, 0.1) is 0 Å². The van der Waals surface area contributed by atoms with Gasteiger partial charge in [0.05, 0.1) is 0 Å². The van der Waals surface area contributed by atoms with E-state index in [0.717, 1.165) is 13.1 Å². The van der Waals surface area contributed by atoms with Gasteiger partial charge in [-0.3, -0.25) is 14.6 Å². The molecular formula is C13H26N4O. The molecule has 0 bridgehead atoms. The van der Waals surface area contributed by atoms with E-state index in [-0.39, 0.29) is 0 Å². The molecule has 2 rings (SSSR count). The summed E-state index contributed by atoms with van der Waals surface area (Å²) in [6.45, 7) is 7.82. The molecule has 5 nitrogen and oxygen atoms in total. The van der Waals surface area contributed by atoms with Crippen LogP contribution in [0.25, 0.3) is 0 Å². The lowest BCUT2D eigenvalue weighted by atomic mass is 9.94. The van der Waals surface area contributed by atoms with Gasteiger partial charge in [-0.05, 0) is 33.2 Å². The van der Waals surface area contributed by atoms with Crippen molar-refractivity contribution in [1.82, 2.24) is 9.80 Å². The smallest absolute Gasteiger partial charge is 0.238 e. The van der Waals surface area contributed by atoms with Gasteiger partial charge in [0, 0.05) is 31.7 Å². The molecule has 0 radical (unpaired) electrons. The van der Waals surface area contributed by atoms with Crippen LogP contribution in [0.3, 0.4) is 0 Å². The molecule has 104 valence electrons. The van der Waals surface area contributed by atoms with Crippen molar-refractivity contribution in [3.05, 3.63) is 0 Å². The van der Waals surface area contributed by atoms with Gasteiger partial charge in [0.15, 0.2) is 0 Å². The first-order valence-corrected chi connectivity index (χ1v) is 6.97. The monoisotopic (exact) mass is 254 g/mol. The molecule has 0 aliphatic carbocycles. The minimum Gasteiger partial charge on any atom is -0.368 e. The first kappa shape index (κ1) is 13.8. The fourth-order valence-electron chi connectivity index (χ4n) is 3.13. The van der Waals surface area contributed by atoms with Crippen molar-refractivity contribution in [2.75, 3.05) is 26.2 Å². The summed E-state index contributed by atoms with van der Waals surface area (Å²) in [5.41, 5.74) is 10.4. The molecule has 18 heavy (non-hydrogen) atoms. The van der Waals surface area contributed by atoms with E-state index in [0.29, 0.717) is 18.6 Å². The van der Waals surface area contributed by atoms with Gasteiger partial charge >= 0.3 is 0 Å². The van der Waals surface area contributed by atoms with E-state index in [1.165, 1.54) is 25.8 Å². The average molecular weight is 254 g/mol. The highest BCUT2D eigenvalue weighted by Gasteiger charge is 2.37. The molecule has 0 aromatic heterocycles. The Labute approximate surface area is 109 Å². The number of nitrogens with zero attached hydrogens (tertiary/aromatic N) is 2. The Balaban J connectivity index is 1.99. The van der Waals surface area contributed by atoms with E-state index in [1.807, 2.05) is 0 Å². The number of hydrogen-bond donors (Lipinski definition) is 2. The van der Waals surface area contributed by atoms with Crippen LogP contribution in [0.2, 0.25) is 0 Å². The molecule has 5 heteroatoms. The lowest BCUT2D eigenvalue weighted by Gasteiger charge is -2.48. The standard InChI is InChI=1S/C13H26N4O/c1-10-7-16-6-4-3-5-11(16)8-17(10)9-13(2,15)12(14)18/h10-11H,3-9,15H2,1-2H3,(H2,14,18). The van der Waals surface area contributed by atoms with Crippen LogP contribution >= 0.6 is 0 Å². The van der Waals surface area contributed by atoms with E-state index in [4.69, 9.17) is 11.5 Å². The fraction of sp³-hybridized carbons (Fsp3) is 0.923. The molecule has 2 aliphatic heterocycles. The summed E-state index contributed by atoms with van der Waals surface area (Å²) >= 11 is 0. The number of rotatable bonds is 3. The van der Waals surface area contributed by atoms with E-state index in [9.17, 15) is 4.79 Å². The first-order valence-electron chi connectivity index (χ1n) is 6.97. The van der Waals surface area contributed by atoms with Gasteiger partial charge < -0.3 is 11.5 Å². The zero-order valence-electron chi connectivity index (χ0n) is 11.6. The number of carbonyl (C=O) groups is 1. The summed E-state index contributed by atoms with van der Waals surface area (Å²) in [7, 11) is 0. The number of fused-ring (bicyclic) bond motifs is 1. The number of amides is 1. The van der Waals surface area contributed by atoms with Gasteiger partial charge in [-0.25, -0.2) is 0 Å². The Bertz CT molecular complexity index is 318. The zero-order valence-corrected chi connectivity index (χ0v) is 11.6. The molecule has 0 spiro atoms. The SMILES string of the molecule is CC1CN2CCCCC2CN1CC(C)(N)C(N)=O. The molecule has 3 atom stereocenters. The van der Waals surface area contributed by atoms with E-state index >= 15 is 0 Å². The topological polar surface area (TPSA) is 75.6 Å². The fourth-order valence-corrected chi connectivity index (χ4v) is 3.13. The predicted molar refractivity (Wildman–Crippen MR) is 72.0 cm³/mol. The molecule has 2 fully saturated rings. The number of nitrogens with two attached hydrogens (primary N) is 2. The molecule has 0 aromatic carbocycles. The van der Waals surface area contributed by atoms with Crippen LogP contribution < -0.4 is 11.5 Å². The maximum absolute atomic E-state index is 11.3. The van der Waals surface area contributed by atoms with Crippen LogP contribution in [0.15, 0.2) is 0 Å². The third kappa shape index (κ3) is 2.84. The Hall–Kier alpha value is -0.650. The maximum Gasteiger partial charge on any atom is 0.238 e. The summed E-state index contributed by atoms with van der Waals surface area (Å²) in [5.74, 6) is -0.416. The number of piperazine rings is 1. The Morgan fingerprint density at radius 3 is 2.78 bits per heavy atom. The lowest BCUT2D eigenvalue weighted by molar-refractivity contribution is -0.124. The minimum atomic E-state index is -0.925. The first-order chi connectivity index (χ1) is 8.40. The number of carbonyl (C=O) groups excluding carboxylic acids is 1. The highest BCUT2D eigenvalue weighted by molar-refractivity contribution is 5.84. The van der Waals surface area contributed by atoms with Crippen molar-refractivity contribution in [2.24, 2.45) is 11.5 Å². The van der Waals surface area contributed by atoms with Gasteiger partial charge in [0.1, 0.15) is 5.54 Å². The third-order valence-corrected chi connectivity index (χ3v) is 4.41. The van der Waals surface area contributed by atoms with Gasteiger partial charge in [-0.2, -0.15) is 0 Å². The van der Waals surface area contributed by atoms with E-state index < -0.39 is 11.4 Å². The second-order valence-electron chi connectivity index (χ2n) is 6.20. The summed E-state index contributed by atoms with van der Waals surface area (Å²) in [6, 6.07) is 1.08. The Morgan fingerprint density at radius 1 is 1.39 bits per heavy atom. The molecule has 1 amide bonds. The number of hydrogen-bond acceptors (Lipinski definition) is 4. The maximum atomic E-state index is 11.3.